The highest BCUT2D eigenvalue weighted by Crippen LogP contribution is 2.37. The summed E-state index contributed by atoms with van der Waals surface area (Å²) in [7, 11) is 1.39. The minimum atomic E-state index is -4.57. The Hall–Kier alpha value is -3.17. The number of methoxy groups -OCH3 is 1. The summed E-state index contributed by atoms with van der Waals surface area (Å²) in [4.78, 5) is 39.7. The molecule has 2 amide bonds. The average Bonchev–Trinajstić information content (AvgIpc) is 3.01. The van der Waals surface area contributed by atoms with Crippen molar-refractivity contribution in [3.05, 3.63) is 68.3 Å². The molecule has 2 aromatic carbocycles. The number of aliphatic hydroxyl groups excluding tert-OH is 2. The summed E-state index contributed by atoms with van der Waals surface area (Å²) < 4.78 is 51.7. The Morgan fingerprint density at radius 1 is 1.16 bits per heavy atom. The van der Waals surface area contributed by atoms with E-state index in [2.05, 4.69) is 5.32 Å². The monoisotopic (exact) mass is 732 g/mol. The fourth-order valence-corrected chi connectivity index (χ4v) is 5.68. The van der Waals surface area contributed by atoms with Crippen molar-refractivity contribution in [1.82, 2.24) is 10.2 Å². The van der Waals surface area contributed by atoms with Crippen LogP contribution in [0.1, 0.15) is 65.3 Å². The van der Waals surface area contributed by atoms with Gasteiger partial charge >= 0.3 is 6.18 Å². The number of amides is 2. The van der Waals surface area contributed by atoms with Gasteiger partial charge in [0.25, 0.3) is 5.91 Å². The van der Waals surface area contributed by atoms with Crippen LogP contribution in [0.5, 0.6) is 11.5 Å². The van der Waals surface area contributed by atoms with Crippen molar-refractivity contribution in [3.8, 4) is 11.5 Å². The average molecular weight is 733 g/mol. The number of aliphatic hydroxyl groups is 2. The summed E-state index contributed by atoms with van der Waals surface area (Å²) in [5.74, 6) is -0.712. The number of benzene rings is 2. The van der Waals surface area contributed by atoms with Gasteiger partial charge in [-0.2, -0.15) is 13.2 Å². The zero-order valence-corrected chi connectivity index (χ0v) is 26.6. The highest BCUT2D eigenvalue weighted by molar-refractivity contribution is 14.1. The molecule has 3 rings (SSSR count). The molecule has 0 saturated carbocycles. The SMILES string of the molecule is CCCCCCN(C(=O)c1ccc(C(F)(F)F)cc1)C1CC(C(=O)NCCO)=CC(Oc2c(I)cc(C=O)cc2OC)C1O. The summed E-state index contributed by atoms with van der Waals surface area (Å²) in [5.41, 5.74) is -0.374. The molecule has 13 heteroatoms. The first-order chi connectivity index (χ1) is 20.9. The molecule has 1 aliphatic carbocycles. The van der Waals surface area contributed by atoms with E-state index >= 15 is 0 Å². The van der Waals surface area contributed by atoms with E-state index < -0.39 is 41.8 Å². The van der Waals surface area contributed by atoms with Gasteiger partial charge in [0.05, 0.1) is 28.9 Å². The smallest absolute Gasteiger partial charge is 0.416 e. The number of carbonyl (C=O) groups excluding carboxylic acids is 3. The van der Waals surface area contributed by atoms with Gasteiger partial charge in [-0.05, 0) is 71.5 Å². The maximum Gasteiger partial charge on any atom is 0.416 e. The number of hydrogen-bond donors (Lipinski definition) is 3. The maximum atomic E-state index is 13.8. The molecular weight excluding hydrogens is 696 g/mol. The number of hydrogen-bond acceptors (Lipinski definition) is 7. The number of nitrogens with zero attached hydrogens (tertiary/aromatic N) is 1. The molecule has 2 aromatic rings. The van der Waals surface area contributed by atoms with Gasteiger partial charge in [-0.3, -0.25) is 14.4 Å². The van der Waals surface area contributed by atoms with E-state index in [1.54, 1.807) is 6.07 Å². The number of nitrogens with one attached hydrogen (secondary N) is 1. The molecule has 0 fully saturated rings. The lowest BCUT2D eigenvalue weighted by atomic mass is 9.87. The van der Waals surface area contributed by atoms with Gasteiger partial charge in [0.2, 0.25) is 5.91 Å². The molecule has 0 spiro atoms. The van der Waals surface area contributed by atoms with Crippen LogP contribution in [0.15, 0.2) is 48.0 Å². The van der Waals surface area contributed by atoms with Crippen LogP contribution >= 0.6 is 22.6 Å². The van der Waals surface area contributed by atoms with Crippen molar-refractivity contribution in [2.45, 2.75) is 63.5 Å². The van der Waals surface area contributed by atoms with E-state index in [4.69, 9.17) is 9.47 Å². The lowest BCUT2D eigenvalue weighted by molar-refractivity contribution is -0.137. The van der Waals surface area contributed by atoms with Gasteiger partial charge in [0, 0.05) is 36.2 Å². The van der Waals surface area contributed by atoms with E-state index in [0.29, 0.717) is 21.8 Å². The van der Waals surface area contributed by atoms with E-state index in [-0.39, 0.29) is 48.8 Å². The first kappa shape index (κ1) is 35.3. The molecule has 3 atom stereocenters. The van der Waals surface area contributed by atoms with E-state index in [0.717, 1.165) is 43.5 Å². The van der Waals surface area contributed by atoms with Crippen molar-refractivity contribution in [1.29, 1.82) is 0 Å². The Kier molecular flexibility index (Phi) is 13.0. The minimum Gasteiger partial charge on any atom is -0.493 e. The lowest BCUT2D eigenvalue weighted by Crippen LogP contribution is -2.55. The molecule has 0 heterocycles. The standard InChI is InChI=1S/C31H36F3IN2O7/c1-3-4-5-6-12-37(30(42)20-7-9-22(10-8-20)31(32,33)34)24-16-21(29(41)36-11-13-38)17-25(27(24)40)44-28-23(35)14-19(18-39)15-26(28)43-2/h7-10,14-15,17-18,24-25,27,38,40H,3-6,11-13,16H2,1-2H3,(H,36,41). The highest BCUT2D eigenvalue weighted by atomic mass is 127. The first-order valence-corrected chi connectivity index (χ1v) is 15.3. The maximum absolute atomic E-state index is 13.8. The lowest BCUT2D eigenvalue weighted by Gasteiger charge is -2.40. The molecule has 3 unspecified atom stereocenters. The van der Waals surface area contributed by atoms with E-state index in [1.165, 1.54) is 24.2 Å². The van der Waals surface area contributed by atoms with E-state index in [9.17, 15) is 37.8 Å². The predicted molar refractivity (Wildman–Crippen MR) is 165 cm³/mol. The van der Waals surface area contributed by atoms with E-state index in [1.807, 2.05) is 29.5 Å². The number of alkyl halides is 3. The first-order valence-electron chi connectivity index (χ1n) is 14.2. The summed E-state index contributed by atoms with van der Waals surface area (Å²) >= 11 is 1.95. The second kappa shape index (κ2) is 16.2. The predicted octanol–water partition coefficient (Wildman–Crippen LogP) is 4.77. The Bertz CT molecular complexity index is 1330. The zero-order chi connectivity index (χ0) is 32.4. The molecule has 1 aliphatic rings. The van der Waals surface area contributed by atoms with Gasteiger partial charge in [0.1, 0.15) is 18.5 Å². The number of rotatable bonds is 14. The Balaban J connectivity index is 2.04. The molecule has 0 radical (unpaired) electrons. The van der Waals surface area contributed by atoms with Crippen LogP contribution in [0.3, 0.4) is 0 Å². The van der Waals surface area contributed by atoms with Gasteiger partial charge < -0.3 is 29.9 Å². The third kappa shape index (κ3) is 8.94. The van der Waals surface area contributed by atoms with Crippen LogP contribution in [-0.2, 0) is 11.0 Å². The fraction of sp³-hybridized carbons (Fsp3) is 0.452. The second-order valence-corrected chi connectivity index (χ2v) is 11.5. The van der Waals surface area contributed by atoms with Crippen LogP contribution in [0, 0.1) is 3.57 Å². The van der Waals surface area contributed by atoms with Crippen LogP contribution in [0.25, 0.3) is 0 Å². The molecule has 3 N–H and O–H groups in total. The van der Waals surface area contributed by atoms with Crippen molar-refractivity contribution in [3.63, 3.8) is 0 Å². The highest BCUT2D eigenvalue weighted by Gasteiger charge is 2.41. The van der Waals surface area contributed by atoms with Gasteiger partial charge in [-0.15, -0.1) is 0 Å². The van der Waals surface area contributed by atoms with Crippen LogP contribution in [0.2, 0.25) is 0 Å². The molecule has 0 bridgehead atoms. The van der Waals surface area contributed by atoms with Crippen molar-refractivity contribution in [2.24, 2.45) is 0 Å². The molecular formula is C31H36F3IN2O7. The number of halogens is 4. The van der Waals surface area contributed by atoms with Crippen LogP contribution in [0.4, 0.5) is 13.2 Å². The summed E-state index contributed by atoms with van der Waals surface area (Å²) in [6.07, 6.45) is -1.93. The molecule has 0 aromatic heterocycles. The minimum absolute atomic E-state index is 0.000311. The molecule has 9 nitrogen and oxygen atoms in total. The van der Waals surface area contributed by atoms with Crippen molar-refractivity contribution < 1.29 is 47.2 Å². The normalized spacial score (nSPS) is 18.3. The number of unbranched alkanes of at least 4 members (excludes halogenated alkanes) is 3. The van der Waals surface area contributed by atoms with Gasteiger partial charge in [0.15, 0.2) is 11.5 Å². The Morgan fingerprint density at radius 3 is 2.45 bits per heavy atom. The third-order valence-corrected chi connectivity index (χ3v) is 8.03. The molecule has 0 saturated heterocycles. The Labute approximate surface area is 267 Å². The van der Waals surface area contributed by atoms with Gasteiger partial charge in [-0.25, -0.2) is 0 Å². The quantitative estimate of drug-likeness (QED) is 0.145. The van der Waals surface area contributed by atoms with Gasteiger partial charge in [-0.1, -0.05) is 26.2 Å². The van der Waals surface area contributed by atoms with Crippen molar-refractivity contribution >= 4 is 40.7 Å². The van der Waals surface area contributed by atoms with Crippen molar-refractivity contribution in [2.75, 3.05) is 26.8 Å². The number of carbonyl (C=O) groups is 3. The second-order valence-electron chi connectivity index (χ2n) is 10.3. The molecule has 44 heavy (non-hydrogen) atoms. The zero-order valence-electron chi connectivity index (χ0n) is 24.4. The number of aldehydes is 1. The summed E-state index contributed by atoms with van der Waals surface area (Å²) in [5, 5.41) is 23.5. The number of ether oxygens (including phenoxy) is 2. The largest absolute Gasteiger partial charge is 0.493 e. The summed E-state index contributed by atoms with van der Waals surface area (Å²) in [6.45, 7) is 1.87. The molecule has 0 aliphatic heterocycles. The fourth-order valence-electron chi connectivity index (χ4n) is 4.93. The third-order valence-electron chi connectivity index (χ3n) is 7.23. The van der Waals surface area contributed by atoms with Crippen LogP contribution < -0.4 is 14.8 Å². The summed E-state index contributed by atoms with van der Waals surface area (Å²) in [6, 6.07) is 5.89. The topological polar surface area (TPSA) is 125 Å². The molecule has 240 valence electrons. The van der Waals surface area contributed by atoms with Crippen LogP contribution in [-0.4, -0.2) is 78.3 Å². The Morgan fingerprint density at radius 2 is 1.86 bits per heavy atom.